The molecule has 1 saturated heterocycles. The Morgan fingerprint density at radius 2 is 2.07 bits per heavy atom. The molecule has 1 amide bonds. The fraction of sp³-hybridized carbons (Fsp3) is 0.364. The molecule has 2 aromatic rings. The van der Waals surface area contributed by atoms with Gasteiger partial charge in [0.05, 0.1) is 10.9 Å². The van der Waals surface area contributed by atoms with Crippen LogP contribution in [0, 0.1) is 5.92 Å². The van der Waals surface area contributed by atoms with Gasteiger partial charge in [0, 0.05) is 36.1 Å². The lowest BCUT2D eigenvalue weighted by molar-refractivity contribution is -0.121. The maximum atomic E-state index is 13.8. The Bertz CT molecular complexity index is 974. The number of anilines is 1. The van der Waals surface area contributed by atoms with Crippen LogP contribution in [-0.4, -0.2) is 29.5 Å². The van der Waals surface area contributed by atoms with Gasteiger partial charge in [0.25, 0.3) is 0 Å². The van der Waals surface area contributed by atoms with Crippen LogP contribution in [0.25, 0.3) is 5.57 Å². The maximum absolute atomic E-state index is 13.8. The van der Waals surface area contributed by atoms with Crippen molar-refractivity contribution in [1.29, 1.82) is 0 Å². The highest BCUT2D eigenvalue weighted by atomic mass is 35.5. The molecule has 3 unspecified atom stereocenters. The second-order valence-corrected chi connectivity index (χ2v) is 8.57. The van der Waals surface area contributed by atoms with Gasteiger partial charge in [-0.2, -0.15) is 0 Å². The minimum Gasteiger partial charge on any atom is -0.312 e. The van der Waals surface area contributed by atoms with E-state index in [1.807, 2.05) is 23.1 Å². The van der Waals surface area contributed by atoms with Crippen molar-refractivity contribution >= 4 is 40.4 Å². The summed E-state index contributed by atoms with van der Waals surface area (Å²) in [5.74, 6) is -0.157. The number of rotatable bonds is 2. The van der Waals surface area contributed by atoms with Crippen LogP contribution in [0.3, 0.4) is 0 Å². The fourth-order valence-electron chi connectivity index (χ4n) is 4.85. The molecular weight excluding hydrogens is 393 g/mol. The minimum atomic E-state index is -0.289. The molecule has 1 fully saturated rings. The zero-order chi connectivity index (χ0) is 19.3. The van der Waals surface area contributed by atoms with E-state index < -0.39 is 0 Å². The SMILES string of the molecule is O=C(C1C(c2cc(Cl)cnc2Cl)=CC2CCC1N2)N1CCCc2ccccc21. The number of halogens is 2. The minimum absolute atomic E-state index is 0.113. The van der Waals surface area contributed by atoms with Gasteiger partial charge in [-0.1, -0.05) is 47.5 Å². The number of carbonyl (C=O) groups is 1. The zero-order valence-corrected chi connectivity index (χ0v) is 16.9. The lowest BCUT2D eigenvalue weighted by Gasteiger charge is -2.37. The molecule has 0 radical (unpaired) electrons. The van der Waals surface area contributed by atoms with Crippen molar-refractivity contribution in [2.24, 2.45) is 5.92 Å². The first-order valence-corrected chi connectivity index (χ1v) is 10.6. The van der Waals surface area contributed by atoms with Gasteiger partial charge in [0.1, 0.15) is 5.15 Å². The summed E-state index contributed by atoms with van der Waals surface area (Å²) in [6.45, 7) is 0.747. The van der Waals surface area contributed by atoms with Gasteiger partial charge in [-0.25, -0.2) is 4.98 Å². The molecule has 1 N–H and O–H groups in total. The number of nitrogens with zero attached hydrogens (tertiary/aromatic N) is 2. The van der Waals surface area contributed by atoms with E-state index in [9.17, 15) is 4.79 Å². The molecule has 6 heteroatoms. The Kier molecular flexibility index (Phi) is 4.66. The normalized spacial score (nSPS) is 26.0. The number of aryl methyl sites for hydroxylation is 1. The van der Waals surface area contributed by atoms with E-state index in [0.717, 1.165) is 49.1 Å². The number of fused-ring (bicyclic) bond motifs is 3. The van der Waals surface area contributed by atoms with Crippen molar-refractivity contribution in [1.82, 2.24) is 10.3 Å². The first-order valence-electron chi connectivity index (χ1n) is 9.80. The van der Waals surface area contributed by atoms with Crippen LogP contribution in [0.2, 0.25) is 10.2 Å². The summed E-state index contributed by atoms with van der Waals surface area (Å²) in [5.41, 5.74) is 4.01. The van der Waals surface area contributed by atoms with Gasteiger partial charge in [-0.05, 0) is 49.0 Å². The number of nitrogens with one attached hydrogen (secondary N) is 1. The highest BCUT2D eigenvalue weighted by Gasteiger charge is 2.43. The lowest BCUT2D eigenvalue weighted by atomic mass is 9.83. The third-order valence-electron chi connectivity index (χ3n) is 6.09. The molecule has 3 aliphatic heterocycles. The van der Waals surface area contributed by atoms with E-state index in [2.05, 4.69) is 28.5 Å². The zero-order valence-electron chi connectivity index (χ0n) is 15.4. The molecule has 4 heterocycles. The highest BCUT2D eigenvalue weighted by Crippen LogP contribution is 2.41. The van der Waals surface area contributed by atoms with Gasteiger partial charge in [-0.15, -0.1) is 0 Å². The molecule has 4 nitrogen and oxygen atoms in total. The summed E-state index contributed by atoms with van der Waals surface area (Å²) in [5, 5.41) is 4.52. The summed E-state index contributed by atoms with van der Waals surface area (Å²) in [6.07, 6.45) is 7.70. The standard InChI is InChI=1S/C22H21Cl2N3O/c23-14-10-17(21(24)25-12-14)16-11-15-7-8-18(26-15)20(16)22(28)27-9-3-5-13-4-1-2-6-19(13)27/h1-2,4,6,10-12,15,18,20,26H,3,5,7-9H2. The number of pyridine rings is 1. The van der Waals surface area contributed by atoms with Crippen molar-refractivity contribution in [3.63, 3.8) is 0 Å². The molecule has 3 aliphatic rings. The van der Waals surface area contributed by atoms with E-state index in [4.69, 9.17) is 23.2 Å². The van der Waals surface area contributed by atoms with Crippen molar-refractivity contribution in [2.75, 3.05) is 11.4 Å². The van der Waals surface area contributed by atoms with Crippen LogP contribution in [0.1, 0.15) is 30.4 Å². The van der Waals surface area contributed by atoms with Crippen LogP contribution >= 0.6 is 23.2 Å². The molecule has 1 aromatic carbocycles. The molecule has 0 spiro atoms. The Labute approximate surface area is 174 Å². The van der Waals surface area contributed by atoms with Gasteiger partial charge in [0.15, 0.2) is 0 Å². The van der Waals surface area contributed by atoms with Crippen LogP contribution < -0.4 is 10.2 Å². The van der Waals surface area contributed by atoms with Gasteiger partial charge in [0.2, 0.25) is 5.91 Å². The van der Waals surface area contributed by atoms with Crippen molar-refractivity contribution in [3.8, 4) is 0 Å². The Morgan fingerprint density at radius 3 is 2.96 bits per heavy atom. The summed E-state index contributed by atoms with van der Waals surface area (Å²) in [7, 11) is 0. The predicted octanol–water partition coefficient (Wildman–Crippen LogP) is 4.50. The number of carbonyl (C=O) groups excluding carboxylic acids is 1. The van der Waals surface area contributed by atoms with Gasteiger partial charge >= 0.3 is 0 Å². The van der Waals surface area contributed by atoms with Crippen LogP contribution in [0.5, 0.6) is 0 Å². The van der Waals surface area contributed by atoms with E-state index in [1.54, 1.807) is 6.20 Å². The summed E-state index contributed by atoms with van der Waals surface area (Å²) in [4.78, 5) is 20.0. The van der Waals surface area contributed by atoms with Crippen molar-refractivity contribution in [2.45, 2.75) is 37.8 Å². The average molecular weight is 414 g/mol. The fourth-order valence-corrected chi connectivity index (χ4v) is 5.22. The van der Waals surface area contributed by atoms with Gasteiger partial charge < -0.3 is 10.2 Å². The molecule has 144 valence electrons. The smallest absolute Gasteiger partial charge is 0.236 e. The third-order valence-corrected chi connectivity index (χ3v) is 6.60. The molecule has 2 bridgehead atoms. The average Bonchev–Trinajstić information content (AvgIpc) is 3.09. The maximum Gasteiger partial charge on any atom is 0.236 e. The molecular formula is C22H21Cl2N3O. The quantitative estimate of drug-likeness (QED) is 0.736. The van der Waals surface area contributed by atoms with E-state index in [1.165, 1.54) is 5.56 Å². The molecule has 0 aliphatic carbocycles. The highest BCUT2D eigenvalue weighted by molar-refractivity contribution is 6.33. The molecule has 3 atom stereocenters. The van der Waals surface area contributed by atoms with Crippen molar-refractivity contribution < 1.29 is 4.79 Å². The Morgan fingerprint density at radius 1 is 1.21 bits per heavy atom. The number of hydrogen-bond acceptors (Lipinski definition) is 3. The van der Waals surface area contributed by atoms with Crippen LogP contribution in [0.15, 0.2) is 42.6 Å². The first kappa shape index (κ1) is 18.2. The number of aromatic nitrogens is 1. The molecule has 1 aromatic heterocycles. The third kappa shape index (κ3) is 3.04. The largest absolute Gasteiger partial charge is 0.312 e. The van der Waals surface area contributed by atoms with Crippen molar-refractivity contribution in [3.05, 3.63) is 63.9 Å². The van der Waals surface area contributed by atoms with E-state index in [-0.39, 0.29) is 23.9 Å². The predicted molar refractivity (Wildman–Crippen MR) is 113 cm³/mol. The number of amides is 1. The monoisotopic (exact) mass is 413 g/mol. The van der Waals surface area contributed by atoms with Gasteiger partial charge in [-0.3, -0.25) is 4.79 Å². The number of para-hydroxylation sites is 1. The molecule has 28 heavy (non-hydrogen) atoms. The van der Waals surface area contributed by atoms with Crippen LogP contribution in [0.4, 0.5) is 5.69 Å². The first-order chi connectivity index (χ1) is 13.6. The summed E-state index contributed by atoms with van der Waals surface area (Å²) < 4.78 is 0. The topological polar surface area (TPSA) is 45.2 Å². The number of hydrogen-bond donors (Lipinski definition) is 1. The Hall–Kier alpha value is -1.88. The molecule has 5 rings (SSSR count). The second-order valence-electron chi connectivity index (χ2n) is 7.77. The van der Waals surface area contributed by atoms with E-state index >= 15 is 0 Å². The number of benzene rings is 1. The summed E-state index contributed by atoms with van der Waals surface area (Å²) in [6, 6.07) is 10.4. The van der Waals surface area contributed by atoms with E-state index in [0.29, 0.717) is 10.2 Å². The Balaban J connectivity index is 1.58. The summed E-state index contributed by atoms with van der Waals surface area (Å²) >= 11 is 12.6. The molecule has 0 saturated carbocycles. The lowest BCUT2D eigenvalue weighted by Crippen LogP contribution is -2.49. The van der Waals surface area contributed by atoms with Crippen LogP contribution in [-0.2, 0) is 11.2 Å². The second kappa shape index (κ2) is 7.18.